The SMILES string of the molecule is CCNC(=NCc1cccc([N+](=O)[O-])c1)NC1CCN(Cc2ccc(F)c(F)c2)CC1.I. The molecule has 0 bridgehead atoms. The van der Waals surface area contributed by atoms with E-state index in [1.165, 1.54) is 24.3 Å². The molecule has 0 amide bonds. The van der Waals surface area contributed by atoms with Crippen LogP contribution in [0.25, 0.3) is 0 Å². The monoisotopic (exact) mass is 559 g/mol. The summed E-state index contributed by atoms with van der Waals surface area (Å²) < 4.78 is 26.5. The molecule has 0 aliphatic carbocycles. The summed E-state index contributed by atoms with van der Waals surface area (Å²) in [7, 11) is 0. The number of rotatable bonds is 7. The standard InChI is InChI=1S/C22H27F2N5O2.HI/c1-2-25-22(26-14-16-4-3-5-19(12-16)29(30)31)27-18-8-10-28(11-9-18)15-17-6-7-20(23)21(24)13-17;/h3-7,12-13,18H,2,8-11,14-15H2,1H3,(H2,25,26,27);1H. The quantitative estimate of drug-likeness (QED) is 0.175. The van der Waals surface area contributed by atoms with Crippen LogP contribution in [0.5, 0.6) is 0 Å². The van der Waals surface area contributed by atoms with Gasteiger partial charge in [0.05, 0.1) is 11.5 Å². The lowest BCUT2D eigenvalue weighted by atomic mass is 10.0. The van der Waals surface area contributed by atoms with Crippen molar-refractivity contribution in [3.63, 3.8) is 0 Å². The van der Waals surface area contributed by atoms with E-state index in [-0.39, 0.29) is 35.7 Å². The van der Waals surface area contributed by atoms with Crippen LogP contribution in [0.3, 0.4) is 0 Å². The molecule has 1 aliphatic heterocycles. The highest BCUT2D eigenvalue weighted by molar-refractivity contribution is 14.0. The molecule has 1 fully saturated rings. The summed E-state index contributed by atoms with van der Waals surface area (Å²) in [5, 5.41) is 17.6. The first-order valence-electron chi connectivity index (χ1n) is 10.4. The maximum absolute atomic E-state index is 13.4. The second-order valence-corrected chi connectivity index (χ2v) is 7.57. The van der Waals surface area contributed by atoms with Crippen molar-refractivity contribution in [1.29, 1.82) is 0 Å². The Balaban J connectivity index is 0.00000363. The fourth-order valence-electron chi connectivity index (χ4n) is 3.58. The number of hydrogen-bond donors (Lipinski definition) is 2. The number of nitrogens with one attached hydrogen (secondary N) is 2. The molecule has 1 saturated heterocycles. The smallest absolute Gasteiger partial charge is 0.269 e. The first-order valence-corrected chi connectivity index (χ1v) is 10.4. The fraction of sp³-hybridized carbons (Fsp3) is 0.409. The number of halogens is 3. The molecule has 10 heteroatoms. The van der Waals surface area contributed by atoms with E-state index < -0.39 is 16.6 Å². The Labute approximate surface area is 203 Å². The van der Waals surface area contributed by atoms with Gasteiger partial charge in [0.15, 0.2) is 17.6 Å². The second-order valence-electron chi connectivity index (χ2n) is 7.57. The number of benzene rings is 2. The molecule has 0 spiro atoms. The molecule has 0 atom stereocenters. The van der Waals surface area contributed by atoms with Crippen LogP contribution in [-0.4, -0.2) is 41.5 Å². The lowest BCUT2D eigenvalue weighted by molar-refractivity contribution is -0.384. The molecular formula is C22H28F2IN5O2. The topological polar surface area (TPSA) is 82.8 Å². The average molecular weight is 559 g/mol. The Morgan fingerprint density at radius 2 is 1.91 bits per heavy atom. The molecule has 2 aromatic carbocycles. The Bertz CT molecular complexity index is 936. The van der Waals surface area contributed by atoms with Gasteiger partial charge in [-0.15, -0.1) is 24.0 Å². The van der Waals surface area contributed by atoms with E-state index in [4.69, 9.17) is 0 Å². The number of nitro benzene ring substituents is 1. The maximum Gasteiger partial charge on any atom is 0.269 e. The van der Waals surface area contributed by atoms with Gasteiger partial charge in [0, 0.05) is 44.4 Å². The largest absolute Gasteiger partial charge is 0.357 e. The summed E-state index contributed by atoms with van der Waals surface area (Å²) in [6, 6.07) is 10.7. The average Bonchev–Trinajstić information content (AvgIpc) is 2.76. The Morgan fingerprint density at radius 1 is 1.16 bits per heavy atom. The van der Waals surface area contributed by atoms with Crippen molar-refractivity contribution in [2.45, 2.75) is 38.9 Å². The third kappa shape index (κ3) is 7.66. The van der Waals surface area contributed by atoms with Crippen LogP contribution in [0.2, 0.25) is 0 Å². The number of hydrogen-bond acceptors (Lipinski definition) is 4. The van der Waals surface area contributed by atoms with Crippen molar-refractivity contribution >= 4 is 35.6 Å². The Morgan fingerprint density at radius 3 is 2.56 bits per heavy atom. The number of nitro groups is 1. The summed E-state index contributed by atoms with van der Waals surface area (Å²) >= 11 is 0. The minimum Gasteiger partial charge on any atom is -0.357 e. The molecule has 3 rings (SSSR count). The van der Waals surface area contributed by atoms with Crippen molar-refractivity contribution in [3.8, 4) is 0 Å². The highest BCUT2D eigenvalue weighted by Gasteiger charge is 2.20. The zero-order valence-electron chi connectivity index (χ0n) is 17.9. The number of non-ortho nitro benzene ring substituents is 1. The third-order valence-electron chi connectivity index (χ3n) is 5.20. The molecule has 0 unspecified atom stereocenters. The van der Waals surface area contributed by atoms with Crippen LogP contribution in [0, 0.1) is 21.7 Å². The predicted octanol–water partition coefficient (Wildman–Crippen LogP) is 4.21. The Hall–Kier alpha value is -2.34. The molecule has 7 nitrogen and oxygen atoms in total. The second kappa shape index (κ2) is 12.6. The van der Waals surface area contributed by atoms with Gasteiger partial charge in [-0.2, -0.15) is 0 Å². The van der Waals surface area contributed by atoms with Crippen molar-refractivity contribution in [3.05, 3.63) is 75.3 Å². The lowest BCUT2D eigenvalue weighted by Gasteiger charge is -2.33. The maximum atomic E-state index is 13.4. The van der Waals surface area contributed by atoms with E-state index in [1.807, 2.05) is 13.0 Å². The number of piperidine rings is 1. The number of guanidine groups is 1. The molecule has 174 valence electrons. The normalized spacial score (nSPS) is 15.2. The molecule has 0 aromatic heterocycles. The summed E-state index contributed by atoms with van der Waals surface area (Å²) in [5.41, 5.74) is 1.59. The third-order valence-corrected chi connectivity index (χ3v) is 5.20. The van der Waals surface area contributed by atoms with E-state index in [9.17, 15) is 18.9 Å². The predicted molar refractivity (Wildman–Crippen MR) is 131 cm³/mol. The highest BCUT2D eigenvalue weighted by atomic mass is 127. The van der Waals surface area contributed by atoms with Crippen molar-refractivity contribution < 1.29 is 13.7 Å². The van der Waals surface area contributed by atoms with Gasteiger partial charge in [-0.05, 0) is 43.0 Å². The van der Waals surface area contributed by atoms with Gasteiger partial charge in [-0.25, -0.2) is 13.8 Å². The molecule has 32 heavy (non-hydrogen) atoms. The molecular weight excluding hydrogens is 531 g/mol. The fourth-order valence-corrected chi connectivity index (χ4v) is 3.58. The van der Waals surface area contributed by atoms with Gasteiger partial charge < -0.3 is 10.6 Å². The van der Waals surface area contributed by atoms with Crippen LogP contribution >= 0.6 is 24.0 Å². The van der Waals surface area contributed by atoms with Crippen LogP contribution < -0.4 is 10.6 Å². The van der Waals surface area contributed by atoms with Gasteiger partial charge in [0.2, 0.25) is 0 Å². The van der Waals surface area contributed by atoms with Gasteiger partial charge in [0.25, 0.3) is 5.69 Å². The molecule has 1 aliphatic rings. The minimum atomic E-state index is -0.827. The summed E-state index contributed by atoms with van der Waals surface area (Å²) in [4.78, 5) is 17.3. The first kappa shape index (κ1) is 25.9. The van der Waals surface area contributed by atoms with E-state index in [0.29, 0.717) is 25.6 Å². The zero-order chi connectivity index (χ0) is 22.2. The van der Waals surface area contributed by atoms with Crippen LogP contribution in [-0.2, 0) is 13.1 Å². The van der Waals surface area contributed by atoms with Gasteiger partial charge in [-0.1, -0.05) is 18.2 Å². The van der Waals surface area contributed by atoms with Crippen LogP contribution in [0.15, 0.2) is 47.5 Å². The zero-order valence-corrected chi connectivity index (χ0v) is 20.2. The van der Waals surface area contributed by atoms with E-state index in [2.05, 4.69) is 20.5 Å². The van der Waals surface area contributed by atoms with Crippen LogP contribution in [0.4, 0.5) is 14.5 Å². The highest BCUT2D eigenvalue weighted by Crippen LogP contribution is 2.16. The van der Waals surface area contributed by atoms with Crippen molar-refractivity contribution in [2.24, 2.45) is 4.99 Å². The van der Waals surface area contributed by atoms with Gasteiger partial charge in [-0.3, -0.25) is 15.0 Å². The molecule has 0 radical (unpaired) electrons. The number of likely N-dealkylation sites (tertiary alicyclic amines) is 1. The summed E-state index contributed by atoms with van der Waals surface area (Å²) in [6.07, 6.45) is 1.79. The van der Waals surface area contributed by atoms with Gasteiger partial charge in [0.1, 0.15) is 0 Å². The lowest BCUT2D eigenvalue weighted by Crippen LogP contribution is -2.48. The summed E-state index contributed by atoms with van der Waals surface area (Å²) in [5.74, 6) is -0.968. The first-order chi connectivity index (χ1) is 14.9. The Kier molecular flexibility index (Phi) is 10.2. The molecule has 1 heterocycles. The molecule has 2 N–H and O–H groups in total. The van der Waals surface area contributed by atoms with E-state index in [1.54, 1.807) is 12.1 Å². The van der Waals surface area contributed by atoms with Crippen molar-refractivity contribution in [2.75, 3.05) is 19.6 Å². The van der Waals surface area contributed by atoms with Crippen molar-refractivity contribution in [1.82, 2.24) is 15.5 Å². The van der Waals surface area contributed by atoms with Gasteiger partial charge >= 0.3 is 0 Å². The van der Waals surface area contributed by atoms with Crippen LogP contribution in [0.1, 0.15) is 30.9 Å². The minimum absolute atomic E-state index is 0. The molecule has 2 aromatic rings. The van der Waals surface area contributed by atoms with E-state index in [0.717, 1.165) is 37.1 Å². The van der Waals surface area contributed by atoms with E-state index >= 15 is 0 Å². The molecule has 0 saturated carbocycles. The number of aliphatic imine (C=N–C) groups is 1. The number of nitrogens with zero attached hydrogens (tertiary/aromatic N) is 3. The summed E-state index contributed by atoms with van der Waals surface area (Å²) in [6.45, 7) is 5.28.